The Balaban J connectivity index is 2.24. The van der Waals surface area contributed by atoms with Gasteiger partial charge in [0, 0.05) is 6.04 Å². The van der Waals surface area contributed by atoms with Crippen molar-refractivity contribution in [3.63, 3.8) is 0 Å². The number of ether oxygens (including phenoxy) is 1. The zero-order valence-electron chi connectivity index (χ0n) is 13.5. The second kappa shape index (κ2) is 7.12. The van der Waals surface area contributed by atoms with E-state index in [9.17, 15) is 0 Å². The molecule has 2 atom stereocenters. The van der Waals surface area contributed by atoms with Gasteiger partial charge in [-0.25, -0.2) is 0 Å². The van der Waals surface area contributed by atoms with Crippen LogP contribution in [0, 0.1) is 0 Å². The number of nitrogens with zero attached hydrogens (tertiary/aromatic N) is 1. The molecule has 1 aromatic rings. The van der Waals surface area contributed by atoms with Crippen LogP contribution in [0.2, 0.25) is 0 Å². The summed E-state index contributed by atoms with van der Waals surface area (Å²) in [4.78, 5) is 2.69. The number of rotatable bonds is 6. The first-order valence-corrected chi connectivity index (χ1v) is 8.11. The molecule has 2 rings (SSSR count). The van der Waals surface area contributed by atoms with Gasteiger partial charge in [0.05, 0.1) is 7.11 Å². The van der Waals surface area contributed by atoms with Crippen LogP contribution in [0.3, 0.4) is 0 Å². The lowest BCUT2D eigenvalue weighted by atomic mass is 9.80. The summed E-state index contributed by atoms with van der Waals surface area (Å²) < 4.78 is 5.59. The van der Waals surface area contributed by atoms with Gasteiger partial charge < -0.3 is 9.64 Å². The summed E-state index contributed by atoms with van der Waals surface area (Å²) in [6.07, 6.45) is 4.90. The molecule has 0 radical (unpaired) electrons. The van der Waals surface area contributed by atoms with Crippen molar-refractivity contribution in [1.29, 1.82) is 0 Å². The summed E-state index contributed by atoms with van der Waals surface area (Å²) in [5, 5.41) is 0. The van der Waals surface area contributed by atoms with E-state index in [1.807, 2.05) is 0 Å². The molecule has 2 nitrogen and oxygen atoms in total. The normalized spacial score (nSPS) is 21.9. The summed E-state index contributed by atoms with van der Waals surface area (Å²) in [6, 6.07) is 7.19. The summed E-state index contributed by atoms with van der Waals surface area (Å²) >= 11 is 0. The average molecular weight is 275 g/mol. The van der Waals surface area contributed by atoms with Crippen molar-refractivity contribution >= 4 is 0 Å². The molecule has 1 aromatic carbocycles. The van der Waals surface area contributed by atoms with Crippen molar-refractivity contribution in [2.24, 2.45) is 0 Å². The van der Waals surface area contributed by atoms with Crippen LogP contribution in [0.4, 0.5) is 0 Å². The van der Waals surface area contributed by atoms with E-state index in [0.29, 0.717) is 12.0 Å². The Kier molecular flexibility index (Phi) is 5.47. The van der Waals surface area contributed by atoms with Crippen molar-refractivity contribution in [3.05, 3.63) is 29.3 Å². The van der Waals surface area contributed by atoms with Crippen molar-refractivity contribution in [2.45, 2.75) is 58.4 Å². The van der Waals surface area contributed by atoms with Gasteiger partial charge in [0.2, 0.25) is 0 Å². The van der Waals surface area contributed by atoms with E-state index in [0.717, 1.165) is 12.2 Å². The second-order valence-electron chi connectivity index (χ2n) is 6.06. The van der Waals surface area contributed by atoms with Gasteiger partial charge in [-0.1, -0.05) is 32.9 Å². The molecule has 0 aliphatic heterocycles. The van der Waals surface area contributed by atoms with E-state index >= 15 is 0 Å². The predicted octanol–water partition coefficient (Wildman–Crippen LogP) is 4.24. The fourth-order valence-corrected chi connectivity index (χ4v) is 3.64. The lowest BCUT2D eigenvalue weighted by Gasteiger charge is -2.38. The Morgan fingerprint density at radius 2 is 1.90 bits per heavy atom. The Labute approximate surface area is 124 Å². The lowest BCUT2D eigenvalue weighted by molar-refractivity contribution is 0.171. The molecule has 112 valence electrons. The van der Waals surface area contributed by atoms with Gasteiger partial charge in [-0.05, 0) is 61.9 Å². The molecule has 20 heavy (non-hydrogen) atoms. The fraction of sp³-hybridized carbons (Fsp3) is 0.667. The molecular weight excluding hydrogens is 246 g/mol. The molecule has 0 saturated heterocycles. The van der Waals surface area contributed by atoms with Gasteiger partial charge in [0.15, 0.2) is 0 Å². The number of hydrogen-bond acceptors (Lipinski definition) is 2. The number of methoxy groups -OCH3 is 1. The van der Waals surface area contributed by atoms with E-state index in [-0.39, 0.29) is 0 Å². The van der Waals surface area contributed by atoms with Gasteiger partial charge in [0.1, 0.15) is 5.75 Å². The Morgan fingerprint density at radius 3 is 2.50 bits per heavy atom. The van der Waals surface area contributed by atoms with Crippen LogP contribution >= 0.6 is 0 Å². The largest absolute Gasteiger partial charge is 0.496 e. The van der Waals surface area contributed by atoms with Gasteiger partial charge in [-0.15, -0.1) is 0 Å². The first-order valence-electron chi connectivity index (χ1n) is 8.11. The van der Waals surface area contributed by atoms with Crippen molar-refractivity contribution < 1.29 is 4.74 Å². The van der Waals surface area contributed by atoms with E-state index in [2.05, 4.69) is 43.9 Å². The van der Waals surface area contributed by atoms with Gasteiger partial charge in [0.25, 0.3) is 0 Å². The maximum Gasteiger partial charge on any atom is 0.122 e. The summed E-state index contributed by atoms with van der Waals surface area (Å²) in [7, 11) is 1.79. The highest BCUT2D eigenvalue weighted by Gasteiger charge is 2.29. The maximum atomic E-state index is 5.59. The molecule has 1 aliphatic rings. The first-order chi connectivity index (χ1) is 9.71. The highest BCUT2D eigenvalue weighted by Crippen LogP contribution is 2.38. The number of fused-ring (bicyclic) bond motifs is 1. The van der Waals surface area contributed by atoms with E-state index in [1.165, 1.54) is 43.5 Å². The molecule has 0 spiro atoms. The monoisotopic (exact) mass is 275 g/mol. The van der Waals surface area contributed by atoms with Gasteiger partial charge in [-0.2, -0.15) is 0 Å². The average Bonchev–Trinajstić information content (AvgIpc) is 2.46. The number of hydrogen-bond donors (Lipinski definition) is 0. The van der Waals surface area contributed by atoms with Crippen molar-refractivity contribution in [1.82, 2.24) is 4.90 Å². The summed E-state index contributed by atoms with van der Waals surface area (Å²) in [5.74, 6) is 1.71. The molecule has 0 saturated carbocycles. The van der Waals surface area contributed by atoms with Crippen LogP contribution in [-0.2, 0) is 6.42 Å². The minimum absolute atomic E-state index is 0.634. The fourth-order valence-electron chi connectivity index (χ4n) is 3.64. The van der Waals surface area contributed by atoms with Crippen LogP contribution in [0.15, 0.2) is 18.2 Å². The van der Waals surface area contributed by atoms with Crippen LogP contribution in [-0.4, -0.2) is 31.1 Å². The second-order valence-corrected chi connectivity index (χ2v) is 6.06. The molecule has 0 unspecified atom stereocenters. The highest BCUT2D eigenvalue weighted by molar-refractivity contribution is 5.44. The third-order valence-electron chi connectivity index (χ3n) is 4.52. The van der Waals surface area contributed by atoms with Crippen LogP contribution in [0.5, 0.6) is 5.75 Å². The molecule has 0 bridgehead atoms. The zero-order chi connectivity index (χ0) is 14.5. The summed E-state index contributed by atoms with van der Waals surface area (Å²) in [6.45, 7) is 9.36. The Hall–Kier alpha value is -1.02. The Bertz CT molecular complexity index is 423. The molecule has 0 N–H and O–H groups in total. The van der Waals surface area contributed by atoms with E-state index in [1.54, 1.807) is 7.11 Å². The zero-order valence-corrected chi connectivity index (χ0v) is 13.5. The standard InChI is InChI=1S/C18H29NO/c1-5-10-19(11-6-2)15-12-14(3)16-8-7-9-18(20-4)17(16)13-15/h7-9,14-15H,5-6,10-13H2,1-4H3/t14-,15-/m1/s1. The van der Waals surface area contributed by atoms with Crippen LogP contribution in [0.25, 0.3) is 0 Å². The molecule has 1 aliphatic carbocycles. The van der Waals surface area contributed by atoms with Gasteiger partial charge >= 0.3 is 0 Å². The molecule has 0 amide bonds. The number of benzene rings is 1. The molecule has 0 aromatic heterocycles. The SMILES string of the molecule is CCCN(CCC)[C@H]1Cc2c(OC)cccc2[C@H](C)C1. The van der Waals surface area contributed by atoms with Crippen molar-refractivity contribution in [3.8, 4) is 5.75 Å². The van der Waals surface area contributed by atoms with Crippen LogP contribution < -0.4 is 4.74 Å². The van der Waals surface area contributed by atoms with E-state index in [4.69, 9.17) is 4.74 Å². The van der Waals surface area contributed by atoms with E-state index < -0.39 is 0 Å². The first kappa shape index (κ1) is 15.4. The molecule has 0 fully saturated rings. The third kappa shape index (κ3) is 3.17. The van der Waals surface area contributed by atoms with Crippen molar-refractivity contribution in [2.75, 3.05) is 20.2 Å². The predicted molar refractivity (Wildman–Crippen MR) is 85.7 cm³/mol. The Morgan fingerprint density at radius 1 is 1.20 bits per heavy atom. The lowest BCUT2D eigenvalue weighted by Crippen LogP contribution is -2.41. The summed E-state index contributed by atoms with van der Waals surface area (Å²) in [5.41, 5.74) is 2.93. The minimum atomic E-state index is 0.634. The minimum Gasteiger partial charge on any atom is -0.496 e. The highest BCUT2D eigenvalue weighted by atomic mass is 16.5. The molecule has 0 heterocycles. The maximum absolute atomic E-state index is 5.59. The van der Waals surface area contributed by atoms with Crippen LogP contribution in [0.1, 0.15) is 57.1 Å². The third-order valence-corrected chi connectivity index (χ3v) is 4.52. The topological polar surface area (TPSA) is 12.5 Å². The molecular formula is C18H29NO. The van der Waals surface area contributed by atoms with Gasteiger partial charge in [-0.3, -0.25) is 0 Å². The quantitative estimate of drug-likeness (QED) is 0.770. The molecule has 2 heteroatoms. The smallest absolute Gasteiger partial charge is 0.122 e.